The second kappa shape index (κ2) is 5.84. The highest BCUT2D eigenvalue weighted by Crippen LogP contribution is 2.26. The largest absolute Gasteiger partial charge is 0.361 e. The van der Waals surface area contributed by atoms with Gasteiger partial charge in [-0.2, -0.15) is 0 Å². The molecule has 3 rings (SSSR count). The number of benzene rings is 1. The van der Waals surface area contributed by atoms with Gasteiger partial charge in [-0.1, -0.05) is 0 Å². The summed E-state index contributed by atoms with van der Waals surface area (Å²) in [7, 11) is 0. The second-order valence-electron chi connectivity index (χ2n) is 5.10. The molecule has 0 aliphatic rings. The number of hydrogen-bond donors (Lipinski definition) is 2. The number of carbonyl (C=O) groups excluding carboxylic acids is 1. The zero-order valence-corrected chi connectivity index (χ0v) is 13.1. The number of nitrogens with zero attached hydrogens (tertiary/aromatic N) is 2. The molecule has 0 aliphatic carbocycles. The predicted octanol–water partition coefficient (Wildman–Crippen LogP) is 2.69. The number of aromatic amines is 1. The minimum absolute atomic E-state index is 0.115. The van der Waals surface area contributed by atoms with E-state index < -0.39 is 0 Å². The van der Waals surface area contributed by atoms with Gasteiger partial charge >= 0.3 is 0 Å². The highest BCUT2D eigenvalue weighted by atomic mass is 32.1. The molecule has 22 heavy (non-hydrogen) atoms. The molecule has 5 nitrogen and oxygen atoms in total. The first-order valence-electron chi connectivity index (χ1n) is 6.84. The Morgan fingerprint density at radius 2 is 2.18 bits per heavy atom. The molecule has 0 bridgehead atoms. The van der Waals surface area contributed by atoms with E-state index in [9.17, 15) is 9.18 Å². The molecule has 3 aromatic rings. The number of amides is 1. The van der Waals surface area contributed by atoms with Crippen LogP contribution in [0.15, 0.2) is 18.3 Å². The molecule has 0 saturated heterocycles. The van der Waals surface area contributed by atoms with Crippen LogP contribution in [-0.2, 0) is 17.8 Å². The lowest BCUT2D eigenvalue weighted by molar-refractivity contribution is -0.119. The number of aromatic nitrogens is 3. The van der Waals surface area contributed by atoms with Gasteiger partial charge in [0.15, 0.2) is 0 Å². The first-order valence-corrected chi connectivity index (χ1v) is 7.66. The van der Waals surface area contributed by atoms with Crippen molar-refractivity contribution >= 4 is 28.1 Å². The Kier molecular flexibility index (Phi) is 3.89. The number of carbonyl (C=O) groups is 1. The zero-order valence-electron chi connectivity index (χ0n) is 12.2. The summed E-state index contributed by atoms with van der Waals surface area (Å²) in [5, 5.41) is 13.3. The topological polar surface area (TPSA) is 70.7 Å². The first kappa shape index (κ1) is 14.6. The third kappa shape index (κ3) is 2.99. The highest BCUT2D eigenvalue weighted by Gasteiger charge is 2.12. The minimum Gasteiger partial charge on any atom is -0.361 e. The summed E-state index contributed by atoms with van der Waals surface area (Å²) in [4.78, 5) is 14.2. The van der Waals surface area contributed by atoms with E-state index in [0.29, 0.717) is 13.0 Å². The van der Waals surface area contributed by atoms with Crippen LogP contribution >= 0.6 is 11.3 Å². The Balaban J connectivity index is 1.98. The van der Waals surface area contributed by atoms with Gasteiger partial charge in [-0.05, 0) is 30.2 Å². The number of fused-ring (bicyclic) bond motifs is 1. The third-order valence-corrected chi connectivity index (χ3v) is 4.20. The van der Waals surface area contributed by atoms with Crippen LogP contribution in [0.3, 0.4) is 0 Å². The van der Waals surface area contributed by atoms with Gasteiger partial charge in [0.05, 0.1) is 0 Å². The third-order valence-electron chi connectivity index (χ3n) is 3.36. The molecule has 2 aromatic heterocycles. The molecule has 2 heterocycles. The maximum Gasteiger partial charge on any atom is 0.217 e. The fourth-order valence-electron chi connectivity index (χ4n) is 2.40. The van der Waals surface area contributed by atoms with Crippen molar-refractivity contribution in [3.8, 4) is 0 Å². The summed E-state index contributed by atoms with van der Waals surface area (Å²) in [6, 6.07) is 3.00. The van der Waals surface area contributed by atoms with Crippen LogP contribution in [0.5, 0.6) is 0 Å². The lowest BCUT2D eigenvalue weighted by atomic mass is 10.1. The fourth-order valence-corrected chi connectivity index (χ4v) is 3.13. The summed E-state index contributed by atoms with van der Waals surface area (Å²) in [6.45, 7) is 3.72. The average Bonchev–Trinajstić information content (AvgIpc) is 3.03. The standard InChI is InChI=1S/C15H15FN4OS/c1-8(21)17-6-11-7-18-15-10(3-12(16)5-13(11)15)4-14-20-19-9(2)22-14/h3,5,7,18H,4,6H2,1-2H3,(H,17,21). The lowest BCUT2D eigenvalue weighted by Crippen LogP contribution is -2.18. The van der Waals surface area contributed by atoms with Crippen LogP contribution in [0.25, 0.3) is 10.9 Å². The van der Waals surface area contributed by atoms with E-state index in [1.165, 1.54) is 30.4 Å². The van der Waals surface area contributed by atoms with E-state index >= 15 is 0 Å². The maximum absolute atomic E-state index is 13.9. The number of hydrogen-bond acceptors (Lipinski definition) is 4. The van der Waals surface area contributed by atoms with Gasteiger partial charge < -0.3 is 10.3 Å². The Morgan fingerprint density at radius 1 is 1.36 bits per heavy atom. The molecular formula is C15H15FN4OS. The molecule has 0 unspecified atom stereocenters. The molecule has 1 aromatic carbocycles. The van der Waals surface area contributed by atoms with Crippen LogP contribution in [0.4, 0.5) is 4.39 Å². The lowest BCUT2D eigenvalue weighted by Gasteiger charge is -2.04. The van der Waals surface area contributed by atoms with Gasteiger partial charge in [-0.3, -0.25) is 4.79 Å². The van der Waals surface area contributed by atoms with Gasteiger partial charge in [0.1, 0.15) is 15.8 Å². The molecule has 0 radical (unpaired) electrons. The molecule has 0 aliphatic heterocycles. The van der Waals surface area contributed by atoms with Crippen molar-refractivity contribution in [3.05, 3.63) is 45.3 Å². The minimum atomic E-state index is -0.299. The number of rotatable bonds is 4. The Hall–Kier alpha value is -2.28. The van der Waals surface area contributed by atoms with Crippen LogP contribution in [0.2, 0.25) is 0 Å². The fraction of sp³-hybridized carbons (Fsp3) is 0.267. The molecule has 0 atom stereocenters. The highest BCUT2D eigenvalue weighted by molar-refractivity contribution is 7.11. The monoisotopic (exact) mass is 318 g/mol. The summed E-state index contributed by atoms with van der Waals surface area (Å²) in [5.41, 5.74) is 2.56. The molecule has 0 fully saturated rings. The number of nitrogens with one attached hydrogen (secondary N) is 2. The number of aryl methyl sites for hydroxylation is 1. The Labute approximate surface area is 130 Å². The van der Waals surface area contributed by atoms with Crippen molar-refractivity contribution in [2.45, 2.75) is 26.8 Å². The predicted molar refractivity (Wildman–Crippen MR) is 83.2 cm³/mol. The van der Waals surface area contributed by atoms with Crippen LogP contribution in [0.1, 0.15) is 28.1 Å². The average molecular weight is 318 g/mol. The summed E-state index contributed by atoms with van der Waals surface area (Å²) in [5.74, 6) is -0.414. The molecule has 1 amide bonds. The van der Waals surface area contributed by atoms with Crippen molar-refractivity contribution in [3.63, 3.8) is 0 Å². The summed E-state index contributed by atoms with van der Waals surface area (Å²) < 4.78 is 13.9. The smallest absolute Gasteiger partial charge is 0.217 e. The van der Waals surface area contributed by atoms with E-state index in [2.05, 4.69) is 20.5 Å². The van der Waals surface area contributed by atoms with Gasteiger partial charge in [0.25, 0.3) is 0 Å². The molecule has 114 valence electrons. The normalized spacial score (nSPS) is 11.0. The van der Waals surface area contributed by atoms with Crippen LogP contribution in [0, 0.1) is 12.7 Å². The van der Waals surface area contributed by atoms with Crippen molar-refractivity contribution in [1.82, 2.24) is 20.5 Å². The molecule has 7 heteroatoms. The zero-order chi connectivity index (χ0) is 15.7. The Bertz CT molecular complexity index is 839. The first-order chi connectivity index (χ1) is 10.5. The van der Waals surface area contributed by atoms with Crippen molar-refractivity contribution in [2.24, 2.45) is 0 Å². The van der Waals surface area contributed by atoms with Crippen molar-refractivity contribution in [1.29, 1.82) is 0 Å². The molecule has 2 N–H and O–H groups in total. The second-order valence-corrected chi connectivity index (χ2v) is 6.37. The van der Waals surface area contributed by atoms with E-state index in [-0.39, 0.29) is 11.7 Å². The SMILES string of the molecule is CC(=O)NCc1c[nH]c2c(Cc3nnc(C)s3)cc(F)cc12. The maximum atomic E-state index is 13.9. The summed E-state index contributed by atoms with van der Waals surface area (Å²) in [6.07, 6.45) is 2.33. The van der Waals surface area contributed by atoms with Gasteiger partial charge in [-0.15, -0.1) is 21.5 Å². The van der Waals surface area contributed by atoms with E-state index in [0.717, 1.165) is 32.0 Å². The van der Waals surface area contributed by atoms with Gasteiger partial charge in [0.2, 0.25) is 5.91 Å². The van der Waals surface area contributed by atoms with E-state index in [1.807, 2.05) is 6.92 Å². The van der Waals surface area contributed by atoms with E-state index in [1.54, 1.807) is 6.20 Å². The van der Waals surface area contributed by atoms with Gasteiger partial charge in [0, 0.05) is 37.0 Å². The quantitative estimate of drug-likeness (QED) is 0.777. The van der Waals surface area contributed by atoms with Gasteiger partial charge in [-0.25, -0.2) is 4.39 Å². The number of H-pyrrole nitrogens is 1. The number of halogens is 1. The summed E-state index contributed by atoms with van der Waals surface area (Å²) >= 11 is 1.50. The van der Waals surface area contributed by atoms with Crippen molar-refractivity contribution < 1.29 is 9.18 Å². The van der Waals surface area contributed by atoms with Crippen LogP contribution in [-0.4, -0.2) is 21.1 Å². The van der Waals surface area contributed by atoms with Crippen LogP contribution < -0.4 is 5.32 Å². The molecule has 0 saturated carbocycles. The molecule has 0 spiro atoms. The van der Waals surface area contributed by atoms with Crippen molar-refractivity contribution in [2.75, 3.05) is 0 Å². The van der Waals surface area contributed by atoms with E-state index in [4.69, 9.17) is 0 Å². The Morgan fingerprint density at radius 3 is 2.86 bits per heavy atom. The molecular weight excluding hydrogens is 303 g/mol.